The molecule has 0 aliphatic carbocycles. The number of rotatable bonds is 2. The van der Waals surface area contributed by atoms with Crippen LogP contribution in [0.15, 0.2) is 16.7 Å². The van der Waals surface area contributed by atoms with Gasteiger partial charge in [0.15, 0.2) is 5.82 Å². The molecule has 80 valence electrons. The van der Waals surface area contributed by atoms with Crippen molar-refractivity contribution < 1.29 is 4.52 Å². The number of hydrogen-bond donors (Lipinski definition) is 0. The zero-order chi connectivity index (χ0) is 10.3. The fraction of sp³-hybridized carbons (Fsp3) is 0.636. The molecule has 15 heavy (non-hydrogen) atoms. The first kappa shape index (κ1) is 9.09. The molecular weight excluding hydrogens is 190 g/mol. The number of nitrogens with zero attached hydrogens (tertiary/aromatic N) is 3. The second-order valence-corrected chi connectivity index (χ2v) is 4.36. The lowest BCUT2D eigenvalue weighted by atomic mass is 10.1. The summed E-state index contributed by atoms with van der Waals surface area (Å²) >= 11 is 0. The van der Waals surface area contributed by atoms with E-state index in [2.05, 4.69) is 27.2 Å². The largest absolute Gasteiger partial charge is 0.340 e. The van der Waals surface area contributed by atoms with Crippen LogP contribution in [0.3, 0.4) is 0 Å². The molecule has 2 unspecified atom stereocenters. The Hall–Kier alpha value is -1.16. The van der Waals surface area contributed by atoms with E-state index in [1.165, 1.54) is 19.3 Å². The molecule has 0 saturated carbocycles. The van der Waals surface area contributed by atoms with Gasteiger partial charge >= 0.3 is 0 Å². The molecule has 0 N–H and O–H groups in total. The topological polar surface area (TPSA) is 42.2 Å². The van der Waals surface area contributed by atoms with E-state index in [9.17, 15) is 0 Å². The van der Waals surface area contributed by atoms with Gasteiger partial charge in [-0.3, -0.25) is 4.90 Å². The molecule has 0 amide bonds. The maximum absolute atomic E-state index is 4.99. The smallest absolute Gasteiger partial charge is 0.223 e. The van der Waals surface area contributed by atoms with Crippen LogP contribution in [0.5, 0.6) is 0 Å². The predicted octanol–water partition coefficient (Wildman–Crippen LogP) is 1.67. The Labute approximate surface area is 89.0 Å². The molecule has 1 saturated heterocycles. The lowest BCUT2D eigenvalue weighted by Gasteiger charge is -2.29. The SMILES string of the molecule is Cc1nc(CN2C3C=CCC2CC3)no1. The molecule has 3 rings (SSSR count). The second kappa shape index (κ2) is 3.45. The molecule has 0 spiro atoms. The highest BCUT2D eigenvalue weighted by Crippen LogP contribution is 2.32. The van der Waals surface area contributed by atoms with Crippen molar-refractivity contribution in [1.82, 2.24) is 15.0 Å². The number of hydrogen-bond acceptors (Lipinski definition) is 4. The van der Waals surface area contributed by atoms with Gasteiger partial charge in [0.05, 0.1) is 6.54 Å². The Kier molecular flexibility index (Phi) is 2.09. The monoisotopic (exact) mass is 205 g/mol. The van der Waals surface area contributed by atoms with Crippen molar-refractivity contribution in [2.24, 2.45) is 0 Å². The van der Waals surface area contributed by atoms with Crippen molar-refractivity contribution in [1.29, 1.82) is 0 Å². The van der Waals surface area contributed by atoms with Crippen molar-refractivity contribution in [2.45, 2.75) is 44.8 Å². The fourth-order valence-corrected chi connectivity index (χ4v) is 2.63. The van der Waals surface area contributed by atoms with E-state index in [-0.39, 0.29) is 0 Å². The molecule has 1 aromatic heterocycles. The predicted molar refractivity (Wildman–Crippen MR) is 55.1 cm³/mol. The Morgan fingerprint density at radius 2 is 2.47 bits per heavy atom. The van der Waals surface area contributed by atoms with Crippen LogP contribution in [-0.4, -0.2) is 27.1 Å². The lowest BCUT2D eigenvalue weighted by Crippen LogP contribution is -2.36. The number of fused-ring (bicyclic) bond motifs is 2. The van der Waals surface area contributed by atoms with Crippen LogP contribution in [-0.2, 0) is 6.54 Å². The molecule has 1 aromatic rings. The molecule has 4 heteroatoms. The number of aromatic nitrogens is 2. The van der Waals surface area contributed by atoms with Gasteiger partial charge < -0.3 is 4.52 Å². The van der Waals surface area contributed by atoms with Gasteiger partial charge in [-0.25, -0.2) is 0 Å². The lowest BCUT2D eigenvalue weighted by molar-refractivity contribution is 0.192. The molecule has 2 aliphatic heterocycles. The Balaban J connectivity index is 1.76. The van der Waals surface area contributed by atoms with Gasteiger partial charge in [-0.05, 0) is 19.3 Å². The quantitative estimate of drug-likeness (QED) is 0.689. The van der Waals surface area contributed by atoms with Gasteiger partial charge in [0.25, 0.3) is 0 Å². The van der Waals surface area contributed by atoms with Crippen molar-refractivity contribution in [3.8, 4) is 0 Å². The van der Waals surface area contributed by atoms with Crippen LogP contribution < -0.4 is 0 Å². The number of aryl methyl sites for hydroxylation is 1. The molecular formula is C11H15N3O. The summed E-state index contributed by atoms with van der Waals surface area (Å²) in [5.74, 6) is 1.48. The van der Waals surface area contributed by atoms with Gasteiger partial charge in [0.2, 0.25) is 5.89 Å². The van der Waals surface area contributed by atoms with E-state index in [0.29, 0.717) is 18.0 Å². The van der Waals surface area contributed by atoms with E-state index in [4.69, 9.17) is 4.52 Å². The zero-order valence-corrected chi connectivity index (χ0v) is 8.89. The van der Waals surface area contributed by atoms with E-state index in [0.717, 1.165) is 12.4 Å². The fourth-order valence-electron chi connectivity index (χ4n) is 2.63. The molecule has 1 fully saturated rings. The third kappa shape index (κ3) is 1.59. The van der Waals surface area contributed by atoms with E-state index in [1.807, 2.05) is 6.92 Å². The van der Waals surface area contributed by atoms with Crippen molar-refractivity contribution >= 4 is 0 Å². The molecule has 2 aliphatic rings. The van der Waals surface area contributed by atoms with Gasteiger partial charge in [-0.15, -0.1) is 0 Å². The van der Waals surface area contributed by atoms with E-state index in [1.54, 1.807) is 0 Å². The van der Waals surface area contributed by atoms with Gasteiger partial charge in [-0.1, -0.05) is 17.3 Å². The molecule has 4 nitrogen and oxygen atoms in total. The highest BCUT2D eigenvalue weighted by Gasteiger charge is 2.34. The third-order valence-electron chi connectivity index (χ3n) is 3.35. The summed E-state index contributed by atoms with van der Waals surface area (Å²) in [5, 5.41) is 3.95. The molecule has 0 aromatic carbocycles. The van der Waals surface area contributed by atoms with Crippen LogP contribution in [0.4, 0.5) is 0 Å². The minimum Gasteiger partial charge on any atom is -0.340 e. The summed E-state index contributed by atoms with van der Waals surface area (Å²) in [5.41, 5.74) is 0. The zero-order valence-electron chi connectivity index (χ0n) is 8.89. The summed E-state index contributed by atoms with van der Waals surface area (Å²) in [7, 11) is 0. The summed E-state index contributed by atoms with van der Waals surface area (Å²) in [4.78, 5) is 6.75. The molecule has 0 radical (unpaired) electrons. The minimum atomic E-state index is 0.600. The van der Waals surface area contributed by atoms with Crippen LogP contribution in [0.1, 0.15) is 31.0 Å². The van der Waals surface area contributed by atoms with Crippen LogP contribution >= 0.6 is 0 Å². The summed E-state index contributed by atoms with van der Waals surface area (Å²) < 4.78 is 4.99. The highest BCUT2D eigenvalue weighted by molar-refractivity contribution is 5.08. The van der Waals surface area contributed by atoms with Crippen molar-refractivity contribution in [3.05, 3.63) is 23.9 Å². The normalized spacial score (nSPS) is 29.9. The molecule has 2 bridgehead atoms. The molecule has 3 heterocycles. The summed E-state index contributed by atoms with van der Waals surface area (Å²) in [6.45, 7) is 2.66. The highest BCUT2D eigenvalue weighted by atomic mass is 16.5. The first-order chi connectivity index (χ1) is 7.33. The maximum atomic E-state index is 4.99. The Bertz CT molecular complexity index is 385. The summed E-state index contributed by atoms with van der Waals surface area (Å²) in [6.07, 6.45) is 8.37. The third-order valence-corrected chi connectivity index (χ3v) is 3.35. The van der Waals surface area contributed by atoms with Gasteiger partial charge in [-0.2, -0.15) is 4.98 Å². The first-order valence-corrected chi connectivity index (χ1v) is 5.54. The first-order valence-electron chi connectivity index (χ1n) is 5.54. The van der Waals surface area contributed by atoms with Crippen molar-refractivity contribution in [2.75, 3.05) is 0 Å². The van der Waals surface area contributed by atoms with E-state index >= 15 is 0 Å². The van der Waals surface area contributed by atoms with Crippen molar-refractivity contribution in [3.63, 3.8) is 0 Å². The van der Waals surface area contributed by atoms with E-state index < -0.39 is 0 Å². The van der Waals surface area contributed by atoms with Crippen LogP contribution in [0.2, 0.25) is 0 Å². The minimum absolute atomic E-state index is 0.600. The van der Waals surface area contributed by atoms with Crippen LogP contribution in [0, 0.1) is 6.92 Å². The molecule has 2 atom stereocenters. The van der Waals surface area contributed by atoms with Gasteiger partial charge in [0.1, 0.15) is 0 Å². The van der Waals surface area contributed by atoms with Gasteiger partial charge in [0, 0.05) is 19.0 Å². The average molecular weight is 205 g/mol. The summed E-state index contributed by atoms with van der Waals surface area (Å²) in [6, 6.07) is 1.29. The second-order valence-electron chi connectivity index (χ2n) is 4.36. The Morgan fingerprint density at radius 3 is 3.20 bits per heavy atom. The Morgan fingerprint density at radius 1 is 1.53 bits per heavy atom. The average Bonchev–Trinajstić information content (AvgIpc) is 2.71. The standard InChI is InChI=1S/C11H15N3O/c1-8-12-11(13-15-8)7-14-9-3-2-4-10(14)6-5-9/h2-3,9-10H,4-7H2,1H3. The maximum Gasteiger partial charge on any atom is 0.223 e. The van der Waals surface area contributed by atoms with Crippen LogP contribution in [0.25, 0.3) is 0 Å².